The highest BCUT2D eigenvalue weighted by molar-refractivity contribution is 7.91. The van der Waals surface area contributed by atoms with Gasteiger partial charge in [0.05, 0.1) is 0 Å². The van der Waals surface area contributed by atoms with Crippen molar-refractivity contribution in [2.75, 3.05) is 5.32 Å². The van der Waals surface area contributed by atoms with Crippen LogP contribution in [-0.2, 0) is 14.8 Å². The molecule has 2 atom stereocenters. The Balaban J connectivity index is 1.44. The minimum Gasteiger partial charge on any atom is -0.324 e. The number of carbonyl (C=O) groups excluding carboxylic acids is 1. The topological polar surface area (TPSA) is 75.3 Å². The maximum absolute atomic E-state index is 13.0. The number of para-hydroxylation sites is 1. The molecule has 2 aromatic carbocycles. The quantitative estimate of drug-likeness (QED) is 0.650. The van der Waals surface area contributed by atoms with E-state index in [1.54, 1.807) is 24.3 Å². The Labute approximate surface area is 171 Å². The summed E-state index contributed by atoms with van der Waals surface area (Å²) in [4.78, 5) is 13.5. The van der Waals surface area contributed by atoms with E-state index in [2.05, 4.69) is 10.0 Å². The van der Waals surface area contributed by atoms with Gasteiger partial charge in [0.15, 0.2) is 0 Å². The summed E-state index contributed by atoms with van der Waals surface area (Å²) in [6, 6.07) is 18.1. The lowest BCUT2D eigenvalue weighted by Gasteiger charge is -2.24. The minimum absolute atomic E-state index is 0.136. The lowest BCUT2D eigenvalue weighted by molar-refractivity contribution is -0.119. The molecule has 1 aromatic heterocycles. The van der Waals surface area contributed by atoms with Gasteiger partial charge in [0.2, 0.25) is 5.91 Å². The Morgan fingerprint density at radius 1 is 1.07 bits per heavy atom. The Kier molecular flexibility index (Phi) is 3.93. The van der Waals surface area contributed by atoms with Crippen molar-refractivity contribution in [3.05, 3.63) is 71.2 Å². The molecular formula is C20H15ClN2O3S2. The summed E-state index contributed by atoms with van der Waals surface area (Å²) >= 11 is 7.08. The molecule has 2 N–H and O–H groups in total. The van der Waals surface area contributed by atoms with Crippen LogP contribution in [0.1, 0.15) is 17.9 Å². The molecule has 1 aliphatic heterocycles. The number of rotatable bonds is 4. The second-order valence-corrected chi connectivity index (χ2v) is 10.4. The van der Waals surface area contributed by atoms with E-state index in [4.69, 9.17) is 11.6 Å². The maximum Gasteiger partial charge on any atom is 0.251 e. The number of nitrogens with one attached hydrogen (secondary N) is 2. The van der Waals surface area contributed by atoms with E-state index in [0.29, 0.717) is 11.4 Å². The van der Waals surface area contributed by atoms with Crippen LogP contribution in [-0.4, -0.2) is 19.9 Å². The number of amides is 1. The first-order valence-corrected chi connectivity index (χ1v) is 11.4. The van der Waals surface area contributed by atoms with Gasteiger partial charge in [-0.15, -0.1) is 11.3 Å². The lowest BCUT2D eigenvalue weighted by Crippen LogP contribution is -2.48. The Morgan fingerprint density at radius 2 is 1.82 bits per heavy atom. The SMILES string of the molecule is O=C1Nc2ccccc2C2CC12NS(=O)(=O)c1ccc(-c2ccc(Cl)cc2)s1. The number of thiophene rings is 1. The number of hydrogen-bond donors (Lipinski definition) is 2. The van der Waals surface area contributed by atoms with Crippen LogP contribution >= 0.6 is 22.9 Å². The first-order valence-electron chi connectivity index (χ1n) is 8.69. The first-order chi connectivity index (χ1) is 13.4. The second-order valence-electron chi connectivity index (χ2n) is 7.00. The smallest absolute Gasteiger partial charge is 0.251 e. The zero-order chi connectivity index (χ0) is 19.5. The van der Waals surface area contributed by atoms with Gasteiger partial charge in [0.25, 0.3) is 10.0 Å². The third-order valence-electron chi connectivity index (χ3n) is 5.24. The van der Waals surface area contributed by atoms with Crippen LogP contribution in [0.4, 0.5) is 5.69 Å². The van der Waals surface area contributed by atoms with Crippen LogP contribution in [0.15, 0.2) is 64.9 Å². The van der Waals surface area contributed by atoms with E-state index in [1.807, 2.05) is 36.4 Å². The molecule has 0 radical (unpaired) electrons. The summed E-state index contributed by atoms with van der Waals surface area (Å²) in [5, 5.41) is 3.45. The van der Waals surface area contributed by atoms with Gasteiger partial charge >= 0.3 is 0 Å². The summed E-state index contributed by atoms with van der Waals surface area (Å²) in [7, 11) is -3.83. The fourth-order valence-electron chi connectivity index (χ4n) is 3.72. The van der Waals surface area contributed by atoms with Crippen molar-refractivity contribution >= 4 is 44.6 Å². The van der Waals surface area contributed by atoms with Gasteiger partial charge in [0.1, 0.15) is 9.75 Å². The molecular weight excluding hydrogens is 416 g/mol. The summed E-state index contributed by atoms with van der Waals surface area (Å²) < 4.78 is 28.8. The molecule has 0 bridgehead atoms. The van der Waals surface area contributed by atoms with Crippen LogP contribution in [0.5, 0.6) is 0 Å². The van der Waals surface area contributed by atoms with Crippen molar-refractivity contribution in [3.8, 4) is 10.4 Å². The molecule has 8 heteroatoms. The molecule has 1 saturated carbocycles. The molecule has 1 aliphatic carbocycles. The molecule has 0 saturated heterocycles. The molecule has 3 aromatic rings. The first kappa shape index (κ1) is 17.9. The molecule has 5 rings (SSSR count). The van der Waals surface area contributed by atoms with E-state index in [1.165, 1.54) is 11.3 Å². The third kappa shape index (κ3) is 2.78. The largest absolute Gasteiger partial charge is 0.324 e. The van der Waals surface area contributed by atoms with Gasteiger partial charge in [-0.3, -0.25) is 4.79 Å². The van der Waals surface area contributed by atoms with Gasteiger partial charge in [0, 0.05) is 21.5 Å². The van der Waals surface area contributed by atoms with Crippen molar-refractivity contribution in [2.45, 2.75) is 22.1 Å². The summed E-state index contributed by atoms with van der Waals surface area (Å²) in [5.41, 5.74) is 1.52. The van der Waals surface area contributed by atoms with Gasteiger partial charge in [-0.1, -0.05) is 41.9 Å². The van der Waals surface area contributed by atoms with E-state index in [0.717, 1.165) is 21.7 Å². The number of fused-ring (bicyclic) bond motifs is 3. The van der Waals surface area contributed by atoms with E-state index >= 15 is 0 Å². The van der Waals surface area contributed by atoms with Gasteiger partial charge in [-0.05, 0) is 47.9 Å². The van der Waals surface area contributed by atoms with E-state index in [9.17, 15) is 13.2 Å². The minimum atomic E-state index is -3.83. The van der Waals surface area contributed by atoms with Crippen LogP contribution < -0.4 is 10.0 Å². The normalized spacial score (nSPS) is 22.9. The van der Waals surface area contributed by atoms with Gasteiger partial charge in [-0.2, -0.15) is 4.72 Å². The summed E-state index contributed by atoms with van der Waals surface area (Å²) in [6.45, 7) is 0. The predicted octanol–water partition coefficient (Wildman–Crippen LogP) is 4.23. The number of benzene rings is 2. The summed E-state index contributed by atoms with van der Waals surface area (Å²) in [5.74, 6) is -0.433. The molecule has 1 fully saturated rings. The molecule has 142 valence electrons. The highest BCUT2D eigenvalue weighted by Crippen LogP contribution is 2.57. The van der Waals surface area contributed by atoms with E-state index < -0.39 is 15.6 Å². The average Bonchev–Trinajstić information content (AvgIpc) is 3.18. The van der Waals surface area contributed by atoms with Crippen LogP contribution in [0.3, 0.4) is 0 Å². The number of anilines is 1. The van der Waals surface area contributed by atoms with Crippen LogP contribution in [0, 0.1) is 0 Å². The molecule has 2 aliphatic rings. The van der Waals surface area contributed by atoms with Gasteiger partial charge < -0.3 is 5.32 Å². The number of halogens is 1. The molecule has 2 unspecified atom stereocenters. The van der Waals surface area contributed by atoms with Crippen molar-refractivity contribution in [1.82, 2.24) is 4.72 Å². The van der Waals surface area contributed by atoms with Crippen molar-refractivity contribution in [3.63, 3.8) is 0 Å². The Morgan fingerprint density at radius 3 is 2.61 bits per heavy atom. The molecule has 5 nitrogen and oxygen atoms in total. The fraction of sp³-hybridized carbons (Fsp3) is 0.150. The third-order valence-corrected chi connectivity index (χ3v) is 8.63. The molecule has 28 heavy (non-hydrogen) atoms. The van der Waals surface area contributed by atoms with Crippen molar-refractivity contribution in [1.29, 1.82) is 0 Å². The van der Waals surface area contributed by atoms with E-state index in [-0.39, 0.29) is 16.0 Å². The van der Waals surface area contributed by atoms with Crippen LogP contribution in [0.2, 0.25) is 5.02 Å². The Hall–Kier alpha value is -2.19. The lowest BCUT2D eigenvalue weighted by atomic mass is 10.00. The maximum atomic E-state index is 13.0. The fourth-order valence-corrected chi connectivity index (χ4v) is 6.57. The predicted molar refractivity (Wildman–Crippen MR) is 110 cm³/mol. The van der Waals surface area contributed by atoms with Gasteiger partial charge in [-0.25, -0.2) is 8.42 Å². The number of carbonyl (C=O) groups is 1. The standard InChI is InChI=1S/C20H15ClN2O3S2/c21-13-7-5-12(6-8-13)17-9-10-18(27-17)28(25,26)23-20-11-15(20)14-3-1-2-4-16(14)22-19(20)24/h1-10,15,23H,11H2,(H,22,24). The molecule has 2 heterocycles. The highest BCUT2D eigenvalue weighted by atomic mass is 35.5. The molecule has 0 spiro atoms. The van der Waals surface area contributed by atoms with Crippen molar-refractivity contribution in [2.24, 2.45) is 0 Å². The second kappa shape index (κ2) is 6.15. The highest BCUT2D eigenvalue weighted by Gasteiger charge is 2.65. The Bertz CT molecular complexity index is 1200. The molecule has 1 amide bonds. The number of hydrogen-bond acceptors (Lipinski definition) is 4. The van der Waals surface area contributed by atoms with Crippen LogP contribution in [0.25, 0.3) is 10.4 Å². The monoisotopic (exact) mass is 430 g/mol. The number of sulfonamides is 1. The zero-order valence-corrected chi connectivity index (χ0v) is 16.9. The zero-order valence-electron chi connectivity index (χ0n) is 14.5. The average molecular weight is 431 g/mol. The van der Waals surface area contributed by atoms with Crippen molar-refractivity contribution < 1.29 is 13.2 Å². The summed E-state index contributed by atoms with van der Waals surface area (Å²) in [6.07, 6.45) is 0.463.